The van der Waals surface area contributed by atoms with E-state index in [1.54, 1.807) is 12.1 Å². The zero-order valence-corrected chi connectivity index (χ0v) is 11.8. The van der Waals surface area contributed by atoms with Gasteiger partial charge in [-0.05, 0) is 18.2 Å². The average molecular weight is 299 g/mol. The molecule has 1 aliphatic rings. The fourth-order valence-electron chi connectivity index (χ4n) is 2.66. The largest absolute Gasteiger partial charge is 0.481 e. The third kappa shape index (κ3) is 3.77. The Hall–Kier alpha value is -1.53. The van der Waals surface area contributed by atoms with E-state index in [0.717, 1.165) is 5.56 Å². The molecule has 2 unspecified atom stereocenters. The van der Waals surface area contributed by atoms with Crippen molar-refractivity contribution < 1.29 is 23.4 Å². The van der Waals surface area contributed by atoms with Crippen molar-refractivity contribution in [2.24, 2.45) is 5.92 Å². The number of hydrogen-bond donors (Lipinski definition) is 1. The van der Waals surface area contributed by atoms with Gasteiger partial charge >= 0.3 is 5.97 Å². The molecule has 0 spiro atoms. The van der Waals surface area contributed by atoms with Gasteiger partial charge in [0.25, 0.3) is 6.43 Å². The van der Waals surface area contributed by atoms with E-state index in [4.69, 9.17) is 4.74 Å². The van der Waals surface area contributed by atoms with Gasteiger partial charge in [-0.25, -0.2) is 8.78 Å². The van der Waals surface area contributed by atoms with E-state index >= 15 is 0 Å². The van der Waals surface area contributed by atoms with Crippen LogP contribution in [0.2, 0.25) is 0 Å². The number of nitrogens with zero attached hydrogens (tertiary/aromatic N) is 1. The van der Waals surface area contributed by atoms with Crippen molar-refractivity contribution in [3.05, 3.63) is 35.4 Å². The van der Waals surface area contributed by atoms with Crippen LogP contribution in [0.25, 0.3) is 0 Å². The van der Waals surface area contributed by atoms with Crippen LogP contribution in [0.15, 0.2) is 24.3 Å². The predicted octanol–water partition coefficient (Wildman–Crippen LogP) is 2.55. The number of likely N-dealkylation sites (N-methyl/N-ethyl adjacent to an activating group) is 1. The van der Waals surface area contributed by atoms with Gasteiger partial charge in [0.05, 0.1) is 19.1 Å². The molecule has 4 nitrogen and oxygen atoms in total. The minimum Gasteiger partial charge on any atom is -0.481 e. The van der Waals surface area contributed by atoms with Crippen molar-refractivity contribution in [2.75, 3.05) is 19.8 Å². The monoisotopic (exact) mass is 299 g/mol. The highest BCUT2D eigenvalue weighted by Crippen LogP contribution is 2.24. The summed E-state index contributed by atoms with van der Waals surface area (Å²) in [6.07, 6.45) is -2.50. The van der Waals surface area contributed by atoms with Crippen LogP contribution in [-0.2, 0) is 16.1 Å². The number of carboxylic acid groups (broad SMARTS) is 1. The lowest BCUT2D eigenvalue weighted by molar-refractivity contribution is -0.143. The summed E-state index contributed by atoms with van der Waals surface area (Å²) in [4.78, 5) is 13.2. The van der Waals surface area contributed by atoms with Crippen LogP contribution < -0.4 is 0 Å². The number of carboxylic acids is 1. The lowest BCUT2D eigenvalue weighted by Gasteiger charge is -2.29. The van der Waals surface area contributed by atoms with Gasteiger partial charge in [0.2, 0.25) is 0 Å². The number of aliphatic carboxylic acids is 1. The molecule has 1 heterocycles. The summed E-state index contributed by atoms with van der Waals surface area (Å²) in [6.45, 7) is 3.56. The molecular formula is C15H19F2NO3. The molecule has 2 atom stereocenters. The maximum absolute atomic E-state index is 12.7. The van der Waals surface area contributed by atoms with E-state index < -0.39 is 18.3 Å². The van der Waals surface area contributed by atoms with E-state index in [-0.39, 0.29) is 18.2 Å². The first-order valence-corrected chi connectivity index (χ1v) is 6.94. The van der Waals surface area contributed by atoms with Crippen molar-refractivity contribution in [1.82, 2.24) is 4.90 Å². The van der Waals surface area contributed by atoms with Gasteiger partial charge in [0, 0.05) is 18.2 Å². The first-order chi connectivity index (χ1) is 10.0. The van der Waals surface area contributed by atoms with Gasteiger partial charge < -0.3 is 9.84 Å². The van der Waals surface area contributed by atoms with Crippen LogP contribution in [0.4, 0.5) is 8.78 Å². The zero-order valence-electron chi connectivity index (χ0n) is 11.8. The lowest BCUT2D eigenvalue weighted by Crippen LogP contribution is -2.42. The van der Waals surface area contributed by atoms with Gasteiger partial charge in [0.15, 0.2) is 0 Å². The molecule has 6 heteroatoms. The quantitative estimate of drug-likeness (QED) is 0.877. The van der Waals surface area contributed by atoms with Crippen molar-refractivity contribution in [2.45, 2.75) is 25.9 Å². The van der Waals surface area contributed by atoms with Crippen LogP contribution in [0.3, 0.4) is 0 Å². The molecule has 116 valence electrons. The van der Waals surface area contributed by atoms with E-state index in [0.29, 0.717) is 19.7 Å². The summed E-state index contributed by atoms with van der Waals surface area (Å²) < 4.78 is 30.7. The summed E-state index contributed by atoms with van der Waals surface area (Å²) in [5.41, 5.74) is 0.742. The number of hydrogen-bond acceptors (Lipinski definition) is 3. The number of halogens is 2. The van der Waals surface area contributed by atoms with Crippen LogP contribution in [0.5, 0.6) is 0 Å². The second-order valence-electron chi connectivity index (χ2n) is 5.16. The highest BCUT2D eigenvalue weighted by atomic mass is 19.3. The van der Waals surface area contributed by atoms with Crippen molar-refractivity contribution in [1.29, 1.82) is 0 Å². The molecule has 0 aromatic heterocycles. The topological polar surface area (TPSA) is 49.8 Å². The molecule has 0 amide bonds. The normalized spacial score (nSPS) is 22.1. The minimum atomic E-state index is -2.50. The second-order valence-corrected chi connectivity index (χ2v) is 5.16. The molecule has 1 aromatic rings. The average Bonchev–Trinajstić information content (AvgIpc) is 2.94. The Morgan fingerprint density at radius 3 is 2.86 bits per heavy atom. The summed E-state index contributed by atoms with van der Waals surface area (Å²) in [5, 5.41) is 9.21. The SMILES string of the molecule is CCN(Cc1cccc(C(F)F)c1)C1COCC1C(=O)O. The first kappa shape index (κ1) is 15.9. The molecule has 1 N–H and O–H groups in total. The molecule has 0 radical (unpaired) electrons. The highest BCUT2D eigenvalue weighted by Gasteiger charge is 2.37. The third-order valence-electron chi connectivity index (χ3n) is 3.83. The third-order valence-corrected chi connectivity index (χ3v) is 3.83. The summed E-state index contributed by atoms with van der Waals surface area (Å²) in [6, 6.07) is 6.02. The Bertz CT molecular complexity index is 496. The second kappa shape index (κ2) is 6.95. The molecule has 0 saturated carbocycles. The standard InChI is InChI=1S/C15H19F2NO3/c1-2-18(13-9-21-8-12(13)15(19)20)7-10-4-3-5-11(6-10)14(16)17/h3-6,12-14H,2,7-9H2,1H3,(H,19,20). The number of ether oxygens (including phenoxy) is 1. The van der Waals surface area contributed by atoms with Crippen molar-refractivity contribution in [3.63, 3.8) is 0 Å². The van der Waals surface area contributed by atoms with Crippen molar-refractivity contribution in [3.8, 4) is 0 Å². The molecule has 1 saturated heterocycles. The molecular weight excluding hydrogens is 280 g/mol. The zero-order chi connectivity index (χ0) is 15.4. The fraction of sp³-hybridized carbons (Fsp3) is 0.533. The number of alkyl halides is 2. The van der Waals surface area contributed by atoms with E-state index in [1.807, 2.05) is 11.8 Å². The summed E-state index contributed by atoms with van der Waals surface area (Å²) in [7, 11) is 0. The Morgan fingerprint density at radius 1 is 1.48 bits per heavy atom. The van der Waals surface area contributed by atoms with Crippen LogP contribution >= 0.6 is 0 Å². The first-order valence-electron chi connectivity index (χ1n) is 6.94. The van der Waals surface area contributed by atoms with Crippen LogP contribution in [0.1, 0.15) is 24.5 Å². The molecule has 21 heavy (non-hydrogen) atoms. The fourth-order valence-corrected chi connectivity index (χ4v) is 2.66. The van der Waals surface area contributed by atoms with Gasteiger partial charge in [0.1, 0.15) is 0 Å². The molecule has 0 aliphatic carbocycles. The Labute approximate surface area is 122 Å². The molecule has 2 rings (SSSR count). The van der Waals surface area contributed by atoms with E-state index in [1.165, 1.54) is 12.1 Å². The van der Waals surface area contributed by atoms with Gasteiger partial charge in [-0.3, -0.25) is 9.69 Å². The molecule has 0 bridgehead atoms. The lowest BCUT2D eigenvalue weighted by atomic mass is 10.0. The Kier molecular flexibility index (Phi) is 5.25. The minimum absolute atomic E-state index is 0.0130. The maximum Gasteiger partial charge on any atom is 0.310 e. The van der Waals surface area contributed by atoms with Gasteiger partial charge in [-0.15, -0.1) is 0 Å². The van der Waals surface area contributed by atoms with Crippen LogP contribution in [0, 0.1) is 5.92 Å². The highest BCUT2D eigenvalue weighted by molar-refractivity contribution is 5.71. The molecule has 1 fully saturated rings. The number of rotatable bonds is 6. The van der Waals surface area contributed by atoms with Gasteiger partial charge in [-0.1, -0.05) is 25.1 Å². The van der Waals surface area contributed by atoms with Crippen LogP contribution in [-0.4, -0.2) is 41.8 Å². The molecule has 1 aromatic carbocycles. The molecule has 1 aliphatic heterocycles. The van der Waals surface area contributed by atoms with Crippen molar-refractivity contribution >= 4 is 5.97 Å². The van der Waals surface area contributed by atoms with E-state index in [2.05, 4.69) is 0 Å². The summed E-state index contributed by atoms with van der Waals surface area (Å²) in [5.74, 6) is -1.44. The van der Waals surface area contributed by atoms with E-state index in [9.17, 15) is 18.7 Å². The Balaban J connectivity index is 2.12. The number of benzene rings is 1. The number of carbonyl (C=O) groups is 1. The van der Waals surface area contributed by atoms with Gasteiger partial charge in [-0.2, -0.15) is 0 Å². The summed E-state index contributed by atoms with van der Waals surface area (Å²) >= 11 is 0. The smallest absolute Gasteiger partial charge is 0.310 e. The predicted molar refractivity (Wildman–Crippen MR) is 73.2 cm³/mol. The maximum atomic E-state index is 12.7. The Morgan fingerprint density at radius 2 is 2.24 bits per heavy atom.